The number of hydrogen-bond donors (Lipinski definition) is 1. The van der Waals surface area contributed by atoms with Crippen LogP contribution in [0.25, 0.3) is 0 Å². The molecule has 0 saturated carbocycles. The number of carbonyl (C=O) groups excluding carboxylic acids is 1. The molecule has 100 valence electrons. The molecule has 0 spiro atoms. The average Bonchev–Trinajstić information content (AvgIpc) is 2.19. The number of hydrogen-bond acceptors (Lipinski definition) is 3. The third-order valence-corrected chi connectivity index (χ3v) is 2.75. The highest BCUT2D eigenvalue weighted by Crippen LogP contribution is 2.22. The molecule has 0 aliphatic heterocycles. The molecule has 2 N–H and O–H groups in total. The van der Waals surface area contributed by atoms with Crippen molar-refractivity contribution in [3.05, 3.63) is 33.8 Å². The normalized spacial score (nSPS) is 13.2. The number of esters is 1. The molecule has 1 rings (SSSR count). The lowest BCUT2D eigenvalue weighted by atomic mass is 10.1. The Hall–Kier alpha value is -0.770. The van der Waals surface area contributed by atoms with E-state index in [2.05, 4.69) is 0 Å². The first-order chi connectivity index (χ1) is 8.19. The summed E-state index contributed by atoms with van der Waals surface area (Å²) in [6.45, 7) is 5.40. The van der Waals surface area contributed by atoms with Gasteiger partial charge in [-0.1, -0.05) is 29.3 Å². The Kier molecular flexibility index (Phi) is 5.02. The molecule has 0 bridgehead atoms. The van der Waals surface area contributed by atoms with Crippen LogP contribution in [0.2, 0.25) is 10.0 Å². The lowest BCUT2D eigenvalue weighted by molar-refractivity contribution is -0.156. The van der Waals surface area contributed by atoms with Crippen LogP contribution in [-0.4, -0.2) is 17.6 Å². The van der Waals surface area contributed by atoms with Gasteiger partial charge in [-0.05, 0) is 44.9 Å². The molecule has 18 heavy (non-hydrogen) atoms. The smallest absolute Gasteiger partial charge is 0.323 e. The molecule has 1 atom stereocenters. The second kappa shape index (κ2) is 5.91. The maximum absolute atomic E-state index is 11.7. The molecule has 1 aromatic rings. The number of ether oxygens (including phenoxy) is 1. The largest absolute Gasteiger partial charge is 0.459 e. The van der Waals surface area contributed by atoms with E-state index in [4.69, 9.17) is 33.7 Å². The summed E-state index contributed by atoms with van der Waals surface area (Å²) in [7, 11) is 0. The standard InChI is InChI=1S/C13H17Cl2NO2/c1-13(2,3)18-12(17)11(16)6-8-4-5-9(14)7-10(8)15/h4-5,7,11H,6,16H2,1-3H3/t11-/m0/s1. The van der Waals surface area contributed by atoms with Crippen molar-refractivity contribution in [1.82, 2.24) is 0 Å². The van der Waals surface area contributed by atoms with E-state index in [0.29, 0.717) is 16.5 Å². The van der Waals surface area contributed by atoms with Crippen LogP contribution in [0.4, 0.5) is 0 Å². The minimum absolute atomic E-state index is 0.324. The van der Waals surface area contributed by atoms with Gasteiger partial charge >= 0.3 is 5.97 Å². The Morgan fingerprint density at radius 3 is 2.50 bits per heavy atom. The van der Waals surface area contributed by atoms with Crippen LogP contribution in [0.1, 0.15) is 26.3 Å². The van der Waals surface area contributed by atoms with Crippen molar-refractivity contribution in [2.24, 2.45) is 5.73 Å². The molecule has 0 saturated heterocycles. The van der Waals surface area contributed by atoms with Gasteiger partial charge in [0.25, 0.3) is 0 Å². The van der Waals surface area contributed by atoms with Gasteiger partial charge in [0.05, 0.1) is 0 Å². The summed E-state index contributed by atoms with van der Waals surface area (Å²) >= 11 is 11.8. The molecule has 0 radical (unpaired) electrons. The number of nitrogens with two attached hydrogens (primary N) is 1. The van der Waals surface area contributed by atoms with Crippen LogP contribution in [0.15, 0.2) is 18.2 Å². The second-order valence-corrected chi connectivity index (χ2v) is 5.92. The molecule has 3 nitrogen and oxygen atoms in total. The summed E-state index contributed by atoms with van der Waals surface area (Å²) < 4.78 is 5.20. The van der Waals surface area contributed by atoms with Crippen LogP contribution >= 0.6 is 23.2 Å². The van der Waals surface area contributed by atoms with E-state index in [1.807, 2.05) is 0 Å². The molecule has 0 amide bonds. The Morgan fingerprint density at radius 2 is 2.00 bits per heavy atom. The van der Waals surface area contributed by atoms with E-state index >= 15 is 0 Å². The van der Waals surface area contributed by atoms with Gasteiger partial charge in [0.2, 0.25) is 0 Å². The van der Waals surface area contributed by atoms with Gasteiger partial charge in [0, 0.05) is 10.0 Å². The summed E-state index contributed by atoms with van der Waals surface area (Å²) in [6.07, 6.45) is 0.324. The first-order valence-electron chi connectivity index (χ1n) is 5.61. The van der Waals surface area contributed by atoms with Crippen molar-refractivity contribution < 1.29 is 9.53 Å². The van der Waals surface area contributed by atoms with Gasteiger partial charge in [0.1, 0.15) is 11.6 Å². The fraction of sp³-hybridized carbons (Fsp3) is 0.462. The van der Waals surface area contributed by atoms with E-state index < -0.39 is 17.6 Å². The Labute approximate surface area is 117 Å². The molecule has 0 unspecified atom stereocenters. The maximum Gasteiger partial charge on any atom is 0.323 e. The van der Waals surface area contributed by atoms with Crippen molar-refractivity contribution in [3.8, 4) is 0 Å². The number of carbonyl (C=O) groups is 1. The van der Waals surface area contributed by atoms with Crippen LogP contribution in [0.3, 0.4) is 0 Å². The Bertz CT molecular complexity index is 441. The summed E-state index contributed by atoms with van der Waals surface area (Å²) in [5.74, 6) is -0.437. The molecule has 5 heteroatoms. The molecule has 0 heterocycles. The van der Waals surface area contributed by atoms with Crippen LogP contribution < -0.4 is 5.73 Å². The molecule has 0 fully saturated rings. The van der Waals surface area contributed by atoms with Crippen molar-refractivity contribution in [1.29, 1.82) is 0 Å². The van der Waals surface area contributed by atoms with Crippen LogP contribution in [0.5, 0.6) is 0 Å². The summed E-state index contributed by atoms with van der Waals surface area (Å²) in [6, 6.07) is 4.36. The molecular formula is C13H17Cl2NO2. The second-order valence-electron chi connectivity index (χ2n) is 5.08. The Balaban J connectivity index is 2.69. The van der Waals surface area contributed by atoms with Gasteiger partial charge in [-0.2, -0.15) is 0 Å². The SMILES string of the molecule is CC(C)(C)OC(=O)[C@@H](N)Cc1ccc(Cl)cc1Cl. The van der Waals surface area contributed by atoms with Gasteiger partial charge in [-0.3, -0.25) is 4.79 Å². The summed E-state index contributed by atoms with van der Waals surface area (Å²) in [5.41, 5.74) is 6.03. The van der Waals surface area contributed by atoms with Gasteiger partial charge in [-0.25, -0.2) is 0 Å². The van der Waals surface area contributed by atoms with E-state index in [1.165, 1.54) is 0 Å². The number of rotatable bonds is 3. The van der Waals surface area contributed by atoms with Crippen molar-refractivity contribution >= 4 is 29.2 Å². The van der Waals surface area contributed by atoms with E-state index in [-0.39, 0.29) is 0 Å². The lowest BCUT2D eigenvalue weighted by Crippen LogP contribution is -2.38. The zero-order chi connectivity index (χ0) is 13.9. The van der Waals surface area contributed by atoms with Gasteiger partial charge in [0.15, 0.2) is 0 Å². The predicted octanol–water partition coefficient (Wildman–Crippen LogP) is 3.20. The minimum Gasteiger partial charge on any atom is -0.459 e. The fourth-order valence-electron chi connectivity index (χ4n) is 1.38. The molecule has 0 aliphatic rings. The first-order valence-corrected chi connectivity index (χ1v) is 6.37. The van der Waals surface area contributed by atoms with Crippen molar-refractivity contribution in [3.63, 3.8) is 0 Å². The Morgan fingerprint density at radius 1 is 1.39 bits per heavy atom. The molecule has 0 aliphatic carbocycles. The first kappa shape index (κ1) is 15.3. The highest BCUT2D eigenvalue weighted by molar-refractivity contribution is 6.35. The van der Waals surface area contributed by atoms with Gasteiger partial charge < -0.3 is 10.5 Å². The third-order valence-electron chi connectivity index (χ3n) is 2.16. The van der Waals surface area contributed by atoms with Crippen LogP contribution in [-0.2, 0) is 16.0 Å². The molecular weight excluding hydrogens is 273 g/mol. The zero-order valence-corrected chi connectivity index (χ0v) is 12.2. The monoisotopic (exact) mass is 289 g/mol. The molecule has 0 aromatic heterocycles. The summed E-state index contributed by atoms with van der Waals surface area (Å²) in [5, 5.41) is 1.05. The fourth-order valence-corrected chi connectivity index (χ4v) is 1.87. The number of benzene rings is 1. The highest BCUT2D eigenvalue weighted by Gasteiger charge is 2.22. The summed E-state index contributed by atoms with van der Waals surface area (Å²) in [4.78, 5) is 11.7. The van der Waals surface area contributed by atoms with E-state index in [1.54, 1.807) is 39.0 Å². The third kappa shape index (κ3) is 4.84. The minimum atomic E-state index is -0.733. The van der Waals surface area contributed by atoms with Gasteiger partial charge in [-0.15, -0.1) is 0 Å². The highest BCUT2D eigenvalue weighted by atomic mass is 35.5. The lowest BCUT2D eigenvalue weighted by Gasteiger charge is -2.22. The van der Waals surface area contributed by atoms with E-state index in [9.17, 15) is 4.79 Å². The van der Waals surface area contributed by atoms with Crippen molar-refractivity contribution in [2.75, 3.05) is 0 Å². The average molecular weight is 290 g/mol. The zero-order valence-electron chi connectivity index (χ0n) is 10.7. The maximum atomic E-state index is 11.7. The van der Waals surface area contributed by atoms with E-state index in [0.717, 1.165) is 5.56 Å². The topological polar surface area (TPSA) is 52.3 Å². The number of halogens is 2. The quantitative estimate of drug-likeness (QED) is 0.870. The predicted molar refractivity (Wildman–Crippen MR) is 74.0 cm³/mol. The van der Waals surface area contributed by atoms with Crippen molar-refractivity contribution in [2.45, 2.75) is 38.8 Å². The molecule has 1 aromatic carbocycles. The van der Waals surface area contributed by atoms with Crippen LogP contribution in [0, 0.1) is 0 Å².